The fourth-order valence-electron chi connectivity index (χ4n) is 2.52. The summed E-state index contributed by atoms with van der Waals surface area (Å²) in [6.07, 6.45) is 5.02. The molecule has 7 nitrogen and oxygen atoms in total. The van der Waals surface area contributed by atoms with Crippen molar-refractivity contribution in [2.45, 2.75) is 46.3 Å². The van der Waals surface area contributed by atoms with E-state index in [1.807, 2.05) is 13.8 Å². The lowest BCUT2D eigenvalue weighted by Crippen LogP contribution is -2.24. The van der Waals surface area contributed by atoms with Gasteiger partial charge >= 0.3 is 5.97 Å². The molecule has 0 unspecified atom stereocenters. The van der Waals surface area contributed by atoms with Gasteiger partial charge in [-0.15, -0.1) is 0 Å². The second kappa shape index (κ2) is 6.36. The largest absolute Gasteiger partial charge is 0.474 e. The van der Waals surface area contributed by atoms with Crippen molar-refractivity contribution in [3.05, 3.63) is 23.8 Å². The molecule has 1 atom stereocenters. The molecule has 0 aliphatic carbocycles. The maximum Gasteiger partial charge on any atom is 0.345 e. The smallest absolute Gasteiger partial charge is 0.345 e. The molecule has 7 heteroatoms. The molecule has 23 heavy (non-hydrogen) atoms. The van der Waals surface area contributed by atoms with E-state index in [0.29, 0.717) is 35.9 Å². The SMILES string of the molecule is CCOC(=O)c1c(-c2cnc(CC)nc2)nn2c1O[C@H](C)CC2. The van der Waals surface area contributed by atoms with Crippen LogP contribution in [-0.2, 0) is 17.7 Å². The third-order valence-electron chi connectivity index (χ3n) is 3.74. The van der Waals surface area contributed by atoms with Gasteiger partial charge in [-0.3, -0.25) is 0 Å². The first kappa shape index (κ1) is 15.5. The number of nitrogens with zero attached hydrogens (tertiary/aromatic N) is 4. The summed E-state index contributed by atoms with van der Waals surface area (Å²) in [6.45, 7) is 6.74. The summed E-state index contributed by atoms with van der Waals surface area (Å²) in [4.78, 5) is 21.0. The Hall–Kier alpha value is -2.44. The molecule has 2 aromatic heterocycles. The van der Waals surface area contributed by atoms with Crippen molar-refractivity contribution in [2.75, 3.05) is 6.61 Å². The quantitative estimate of drug-likeness (QED) is 0.805. The monoisotopic (exact) mass is 316 g/mol. The Morgan fingerprint density at radius 3 is 2.78 bits per heavy atom. The number of carbonyl (C=O) groups is 1. The van der Waals surface area contributed by atoms with E-state index in [9.17, 15) is 4.79 Å². The van der Waals surface area contributed by atoms with Crippen LogP contribution in [0.25, 0.3) is 11.3 Å². The summed E-state index contributed by atoms with van der Waals surface area (Å²) in [5.41, 5.74) is 1.55. The van der Waals surface area contributed by atoms with E-state index in [1.54, 1.807) is 24.0 Å². The molecule has 122 valence electrons. The van der Waals surface area contributed by atoms with Crippen LogP contribution in [-0.4, -0.2) is 38.4 Å². The van der Waals surface area contributed by atoms with Gasteiger partial charge in [-0.25, -0.2) is 19.4 Å². The molecular formula is C16H20N4O3. The van der Waals surface area contributed by atoms with Gasteiger partial charge in [0, 0.05) is 37.3 Å². The minimum atomic E-state index is -0.433. The molecule has 0 aromatic carbocycles. The molecule has 3 rings (SSSR count). The van der Waals surface area contributed by atoms with Crippen LogP contribution in [0.5, 0.6) is 5.88 Å². The molecule has 3 heterocycles. The van der Waals surface area contributed by atoms with E-state index in [0.717, 1.165) is 18.7 Å². The lowest BCUT2D eigenvalue weighted by atomic mass is 10.1. The number of esters is 1. The van der Waals surface area contributed by atoms with Crippen LogP contribution in [0.4, 0.5) is 0 Å². The molecule has 0 saturated heterocycles. The molecule has 0 radical (unpaired) electrons. The number of fused-ring (bicyclic) bond motifs is 1. The summed E-state index contributed by atoms with van der Waals surface area (Å²) < 4.78 is 12.7. The number of hydrogen-bond donors (Lipinski definition) is 0. The Morgan fingerprint density at radius 1 is 1.39 bits per heavy atom. The van der Waals surface area contributed by atoms with E-state index in [1.165, 1.54) is 0 Å². The molecule has 0 fully saturated rings. The van der Waals surface area contributed by atoms with Crippen molar-refractivity contribution >= 4 is 5.97 Å². The maximum absolute atomic E-state index is 12.4. The molecule has 1 aliphatic heterocycles. The highest BCUT2D eigenvalue weighted by Crippen LogP contribution is 2.34. The Kier molecular flexibility index (Phi) is 4.27. The first-order chi connectivity index (χ1) is 11.1. The van der Waals surface area contributed by atoms with E-state index >= 15 is 0 Å². The number of aromatic nitrogens is 4. The lowest BCUT2D eigenvalue weighted by Gasteiger charge is -2.21. The standard InChI is InChI=1S/C16H20N4O3/c1-4-12-17-8-11(9-18-12)14-13(16(21)22-5-2)15-20(19-14)7-6-10(3)23-15/h8-10H,4-7H2,1-3H3/t10-/m1/s1. The lowest BCUT2D eigenvalue weighted by molar-refractivity contribution is 0.0515. The third-order valence-corrected chi connectivity index (χ3v) is 3.74. The van der Waals surface area contributed by atoms with Crippen LogP contribution in [0.1, 0.15) is 43.4 Å². The van der Waals surface area contributed by atoms with Crippen molar-refractivity contribution < 1.29 is 14.3 Å². The first-order valence-electron chi connectivity index (χ1n) is 7.89. The fraction of sp³-hybridized carbons (Fsp3) is 0.500. The fourth-order valence-corrected chi connectivity index (χ4v) is 2.52. The molecule has 0 N–H and O–H groups in total. The Morgan fingerprint density at radius 2 is 2.13 bits per heavy atom. The van der Waals surface area contributed by atoms with E-state index in [2.05, 4.69) is 15.1 Å². The average molecular weight is 316 g/mol. The summed E-state index contributed by atoms with van der Waals surface area (Å²) >= 11 is 0. The Balaban J connectivity index is 2.09. The molecule has 1 aliphatic rings. The minimum Gasteiger partial charge on any atom is -0.474 e. The van der Waals surface area contributed by atoms with Crippen LogP contribution in [0, 0.1) is 0 Å². The predicted molar refractivity (Wildman–Crippen MR) is 83.3 cm³/mol. The van der Waals surface area contributed by atoms with Gasteiger partial charge in [0.15, 0.2) is 0 Å². The van der Waals surface area contributed by atoms with Crippen LogP contribution >= 0.6 is 0 Å². The van der Waals surface area contributed by atoms with E-state index < -0.39 is 5.97 Å². The number of hydrogen-bond acceptors (Lipinski definition) is 6. The Labute approximate surface area is 134 Å². The highest BCUT2D eigenvalue weighted by atomic mass is 16.5. The van der Waals surface area contributed by atoms with Crippen LogP contribution in [0.3, 0.4) is 0 Å². The van der Waals surface area contributed by atoms with Gasteiger partial charge in [0.05, 0.1) is 12.7 Å². The number of aryl methyl sites for hydroxylation is 2. The number of ether oxygens (including phenoxy) is 2. The minimum absolute atomic E-state index is 0.0407. The Bertz CT molecular complexity index is 709. The van der Waals surface area contributed by atoms with Gasteiger partial charge in [0.2, 0.25) is 5.88 Å². The van der Waals surface area contributed by atoms with Crippen molar-refractivity contribution in [1.82, 2.24) is 19.7 Å². The second-order valence-electron chi connectivity index (χ2n) is 5.43. The van der Waals surface area contributed by atoms with Crippen molar-refractivity contribution in [3.63, 3.8) is 0 Å². The zero-order chi connectivity index (χ0) is 16.4. The summed E-state index contributed by atoms with van der Waals surface area (Å²) in [6, 6.07) is 0. The zero-order valence-corrected chi connectivity index (χ0v) is 13.6. The van der Waals surface area contributed by atoms with E-state index in [-0.39, 0.29) is 6.10 Å². The topological polar surface area (TPSA) is 79.1 Å². The third kappa shape index (κ3) is 2.91. The molecule has 2 aromatic rings. The summed E-state index contributed by atoms with van der Waals surface area (Å²) in [7, 11) is 0. The zero-order valence-electron chi connectivity index (χ0n) is 13.6. The van der Waals surface area contributed by atoms with Crippen molar-refractivity contribution in [3.8, 4) is 17.1 Å². The van der Waals surface area contributed by atoms with Gasteiger partial charge in [0.25, 0.3) is 0 Å². The van der Waals surface area contributed by atoms with Gasteiger partial charge in [-0.2, -0.15) is 5.10 Å². The van der Waals surface area contributed by atoms with Gasteiger partial charge in [-0.1, -0.05) is 6.92 Å². The number of carbonyl (C=O) groups excluding carboxylic acids is 1. The summed E-state index contributed by atoms with van der Waals surface area (Å²) in [5.74, 6) is 0.787. The van der Waals surface area contributed by atoms with Crippen LogP contribution < -0.4 is 4.74 Å². The molecular weight excluding hydrogens is 296 g/mol. The van der Waals surface area contributed by atoms with Crippen LogP contribution in [0.15, 0.2) is 12.4 Å². The highest BCUT2D eigenvalue weighted by Gasteiger charge is 2.31. The van der Waals surface area contributed by atoms with Gasteiger partial charge < -0.3 is 9.47 Å². The first-order valence-corrected chi connectivity index (χ1v) is 7.89. The maximum atomic E-state index is 12.4. The number of rotatable bonds is 4. The van der Waals surface area contributed by atoms with Gasteiger partial charge in [0.1, 0.15) is 17.1 Å². The van der Waals surface area contributed by atoms with Crippen molar-refractivity contribution in [2.24, 2.45) is 0 Å². The highest BCUT2D eigenvalue weighted by molar-refractivity contribution is 5.98. The molecule has 0 bridgehead atoms. The van der Waals surface area contributed by atoms with Crippen LogP contribution in [0.2, 0.25) is 0 Å². The summed E-state index contributed by atoms with van der Waals surface area (Å²) in [5, 5.41) is 4.53. The predicted octanol–water partition coefficient (Wildman–Crippen LogP) is 2.25. The second-order valence-corrected chi connectivity index (χ2v) is 5.43. The molecule has 0 saturated carbocycles. The average Bonchev–Trinajstić information content (AvgIpc) is 2.93. The van der Waals surface area contributed by atoms with Gasteiger partial charge in [-0.05, 0) is 13.8 Å². The van der Waals surface area contributed by atoms with E-state index in [4.69, 9.17) is 9.47 Å². The normalized spacial score (nSPS) is 16.6. The molecule has 0 amide bonds. The van der Waals surface area contributed by atoms with Crippen molar-refractivity contribution in [1.29, 1.82) is 0 Å². The molecule has 0 spiro atoms.